The molecule has 1 saturated carbocycles. The first-order chi connectivity index (χ1) is 16.8. The van der Waals surface area contributed by atoms with Gasteiger partial charge in [-0.3, -0.25) is 9.36 Å². The van der Waals surface area contributed by atoms with Crippen LogP contribution in [0.3, 0.4) is 0 Å². The zero-order chi connectivity index (χ0) is 22.9. The number of fused-ring (bicyclic) bond motifs is 1. The molecule has 1 unspecified atom stereocenters. The molecule has 176 valence electrons. The molecule has 0 bridgehead atoms. The molecule has 2 fully saturated rings. The van der Waals surface area contributed by atoms with Crippen LogP contribution >= 0.6 is 23.5 Å². The van der Waals surface area contributed by atoms with Gasteiger partial charge in [-0.05, 0) is 49.8 Å². The van der Waals surface area contributed by atoms with Crippen molar-refractivity contribution in [1.82, 2.24) is 14.8 Å². The molecule has 1 amide bonds. The van der Waals surface area contributed by atoms with Gasteiger partial charge in [-0.1, -0.05) is 54.2 Å². The molecule has 2 aliphatic heterocycles. The summed E-state index contributed by atoms with van der Waals surface area (Å²) in [5.41, 5.74) is 2.19. The Kier molecular flexibility index (Phi) is 6.26. The number of thioether (sulfide) groups is 2. The molecular weight excluding hydrogens is 462 g/mol. The first-order valence-electron chi connectivity index (χ1n) is 12.2. The number of carbonyl (C=O) groups excluding carboxylic acids is 1. The molecule has 6 nitrogen and oxygen atoms in total. The second-order valence-corrected chi connectivity index (χ2v) is 11.2. The summed E-state index contributed by atoms with van der Waals surface area (Å²) in [6, 6.07) is 19.2. The highest BCUT2D eigenvalue weighted by Gasteiger charge is 2.35. The Balaban J connectivity index is 1.25. The Morgan fingerprint density at radius 3 is 2.53 bits per heavy atom. The number of piperidine rings is 1. The van der Waals surface area contributed by atoms with Crippen LogP contribution in [0.1, 0.15) is 49.8 Å². The summed E-state index contributed by atoms with van der Waals surface area (Å²) in [5.74, 6) is 2.33. The predicted octanol–water partition coefficient (Wildman–Crippen LogP) is 5.58. The number of benzene rings is 2. The van der Waals surface area contributed by atoms with Crippen molar-refractivity contribution in [3.63, 3.8) is 0 Å². The molecule has 1 aliphatic carbocycles. The van der Waals surface area contributed by atoms with Gasteiger partial charge >= 0.3 is 0 Å². The van der Waals surface area contributed by atoms with Gasteiger partial charge < -0.3 is 9.80 Å². The van der Waals surface area contributed by atoms with E-state index in [0.717, 1.165) is 35.6 Å². The summed E-state index contributed by atoms with van der Waals surface area (Å²) in [6.45, 7) is 2.10. The number of hydrogen-bond donors (Lipinski definition) is 0. The third kappa shape index (κ3) is 4.33. The predicted molar refractivity (Wildman–Crippen MR) is 139 cm³/mol. The van der Waals surface area contributed by atoms with E-state index in [9.17, 15) is 4.79 Å². The number of para-hydroxylation sites is 1. The second-order valence-electron chi connectivity index (χ2n) is 9.19. The van der Waals surface area contributed by atoms with E-state index in [2.05, 4.69) is 56.1 Å². The lowest BCUT2D eigenvalue weighted by atomic mass is 10.1. The van der Waals surface area contributed by atoms with Crippen LogP contribution < -0.4 is 9.80 Å². The van der Waals surface area contributed by atoms with Gasteiger partial charge in [0.05, 0.1) is 17.5 Å². The summed E-state index contributed by atoms with van der Waals surface area (Å²) in [7, 11) is 0. The molecule has 1 saturated heterocycles. The van der Waals surface area contributed by atoms with Gasteiger partial charge in [0.25, 0.3) is 0 Å². The number of nitrogens with zero attached hydrogens (tertiary/aromatic N) is 5. The number of carbonyl (C=O) groups is 1. The van der Waals surface area contributed by atoms with E-state index in [4.69, 9.17) is 0 Å². The third-order valence-electron chi connectivity index (χ3n) is 6.81. The monoisotopic (exact) mass is 491 g/mol. The average Bonchev–Trinajstić information content (AvgIpc) is 3.66. The van der Waals surface area contributed by atoms with Crippen LogP contribution in [-0.4, -0.2) is 45.3 Å². The zero-order valence-corrected chi connectivity index (χ0v) is 20.8. The molecular formula is C26H29N5OS2. The van der Waals surface area contributed by atoms with Crippen molar-refractivity contribution in [2.24, 2.45) is 0 Å². The minimum atomic E-state index is 0.0272. The molecule has 3 heterocycles. The first-order valence-corrected chi connectivity index (χ1v) is 14.2. The van der Waals surface area contributed by atoms with Crippen molar-refractivity contribution < 1.29 is 4.79 Å². The highest BCUT2D eigenvalue weighted by molar-refractivity contribution is 8.00. The highest BCUT2D eigenvalue weighted by atomic mass is 32.2. The van der Waals surface area contributed by atoms with Gasteiger partial charge in [0.15, 0.2) is 5.16 Å². The Hall–Kier alpha value is -2.45. The van der Waals surface area contributed by atoms with Crippen LogP contribution in [0.5, 0.6) is 0 Å². The Bertz CT molecular complexity index is 1160. The fourth-order valence-corrected chi connectivity index (χ4v) is 6.97. The van der Waals surface area contributed by atoms with E-state index < -0.39 is 0 Å². The third-order valence-corrected chi connectivity index (χ3v) is 8.87. The van der Waals surface area contributed by atoms with Gasteiger partial charge in [-0.25, -0.2) is 0 Å². The summed E-state index contributed by atoms with van der Waals surface area (Å²) in [4.78, 5) is 19.3. The van der Waals surface area contributed by atoms with Crippen LogP contribution in [0.15, 0.2) is 64.6 Å². The zero-order valence-electron chi connectivity index (χ0n) is 19.2. The SMILES string of the molecule is O=C(CSc1nnc(N2CCCCC2)n1C1CC1)N1c2ccccc2SCC1c1ccccc1. The fraction of sp³-hybridized carbons (Fsp3) is 0.423. The molecule has 1 atom stereocenters. The van der Waals surface area contributed by atoms with Crippen molar-refractivity contribution in [3.8, 4) is 0 Å². The number of hydrogen-bond acceptors (Lipinski definition) is 6. The maximum absolute atomic E-state index is 13.8. The van der Waals surface area contributed by atoms with E-state index in [-0.39, 0.29) is 11.9 Å². The van der Waals surface area contributed by atoms with Crippen molar-refractivity contribution >= 4 is 41.1 Å². The Morgan fingerprint density at radius 1 is 0.971 bits per heavy atom. The highest BCUT2D eigenvalue weighted by Crippen LogP contribution is 2.44. The fourth-order valence-electron chi connectivity index (χ4n) is 4.94. The molecule has 0 spiro atoms. The van der Waals surface area contributed by atoms with E-state index in [0.29, 0.717) is 11.8 Å². The van der Waals surface area contributed by atoms with Gasteiger partial charge in [-0.15, -0.1) is 22.0 Å². The number of aromatic nitrogens is 3. The minimum Gasteiger partial charge on any atom is -0.341 e. The number of amides is 1. The topological polar surface area (TPSA) is 54.3 Å². The molecule has 0 N–H and O–H groups in total. The van der Waals surface area contributed by atoms with Gasteiger partial charge in [0.2, 0.25) is 11.9 Å². The summed E-state index contributed by atoms with van der Waals surface area (Å²) >= 11 is 3.37. The maximum atomic E-state index is 13.8. The molecule has 0 radical (unpaired) electrons. The molecule has 1 aromatic heterocycles. The molecule has 3 aliphatic rings. The van der Waals surface area contributed by atoms with Gasteiger partial charge in [0.1, 0.15) is 0 Å². The lowest BCUT2D eigenvalue weighted by molar-refractivity contribution is -0.116. The van der Waals surface area contributed by atoms with Crippen LogP contribution in [0.4, 0.5) is 11.6 Å². The molecule has 6 rings (SSSR count). The smallest absolute Gasteiger partial charge is 0.238 e. The van der Waals surface area contributed by atoms with Crippen molar-refractivity contribution in [2.75, 3.05) is 34.4 Å². The second kappa shape index (κ2) is 9.66. The summed E-state index contributed by atoms with van der Waals surface area (Å²) in [6.07, 6.45) is 6.07. The van der Waals surface area contributed by atoms with E-state index in [1.165, 1.54) is 54.3 Å². The van der Waals surface area contributed by atoms with Gasteiger partial charge in [-0.2, -0.15) is 0 Å². The first kappa shape index (κ1) is 22.0. The Labute approximate surface area is 209 Å². The number of rotatable bonds is 6. The van der Waals surface area contributed by atoms with Crippen molar-refractivity contribution in [2.45, 2.75) is 54.2 Å². The van der Waals surface area contributed by atoms with Crippen molar-refractivity contribution in [1.29, 1.82) is 0 Å². The lowest BCUT2D eigenvalue weighted by Gasteiger charge is -2.37. The molecule has 2 aromatic carbocycles. The van der Waals surface area contributed by atoms with Crippen LogP contribution in [0, 0.1) is 0 Å². The maximum Gasteiger partial charge on any atom is 0.238 e. The van der Waals surface area contributed by atoms with E-state index in [1.54, 1.807) is 0 Å². The molecule has 3 aromatic rings. The number of anilines is 2. The summed E-state index contributed by atoms with van der Waals surface area (Å²) in [5, 5.41) is 10.0. The van der Waals surface area contributed by atoms with Gasteiger partial charge in [0, 0.05) is 29.8 Å². The van der Waals surface area contributed by atoms with E-state index in [1.807, 2.05) is 34.9 Å². The van der Waals surface area contributed by atoms with Crippen molar-refractivity contribution in [3.05, 3.63) is 60.2 Å². The minimum absolute atomic E-state index is 0.0272. The Morgan fingerprint density at radius 2 is 1.74 bits per heavy atom. The quantitative estimate of drug-likeness (QED) is 0.420. The molecule has 8 heteroatoms. The molecule has 34 heavy (non-hydrogen) atoms. The lowest BCUT2D eigenvalue weighted by Crippen LogP contribution is -2.39. The summed E-state index contributed by atoms with van der Waals surface area (Å²) < 4.78 is 2.30. The van der Waals surface area contributed by atoms with E-state index >= 15 is 0 Å². The standard InChI is InChI=1S/C26H29N5OS2/c32-24(18-34-26-28-27-25(30(26)20-13-14-20)29-15-7-2-8-16-29)31-21-11-5-6-12-23(21)33-17-22(31)19-9-3-1-4-10-19/h1,3-6,9-12,20,22H,2,7-8,13-18H2. The normalized spacial score (nSPS) is 20.3. The van der Waals surface area contributed by atoms with Crippen LogP contribution in [-0.2, 0) is 4.79 Å². The van der Waals surface area contributed by atoms with Crippen LogP contribution in [0.25, 0.3) is 0 Å². The average molecular weight is 492 g/mol. The van der Waals surface area contributed by atoms with Crippen LogP contribution in [0.2, 0.25) is 0 Å². The largest absolute Gasteiger partial charge is 0.341 e.